The van der Waals surface area contributed by atoms with Gasteiger partial charge in [-0.25, -0.2) is 0 Å². The summed E-state index contributed by atoms with van der Waals surface area (Å²) in [6, 6.07) is 14.7. The number of rotatable bonds is 5. The molecule has 0 fully saturated rings. The van der Waals surface area contributed by atoms with E-state index < -0.39 is 0 Å². The van der Waals surface area contributed by atoms with E-state index in [1.54, 1.807) is 0 Å². The van der Waals surface area contributed by atoms with Crippen molar-refractivity contribution in [2.45, 2.75) is 6.54 Å². The molecule has 0 aliphatic rings. The second-order valence-electron chi connectivity index (χ2n) is 4.89. The number of nitrogens with zero attached hydrogens (tertiary/aromatic N) is 2. The highest BCUT2D eigenvalue weighted by Crippen LogP contribution is 2.13. The van der Waals surface area contributed by atoms with Crippen LogP contribution in [0.1, 0.15) is 11.3 Å². The Labute approximate surface area is 144 Å². The maximum atomic E-state index is 3.79. The zero-order valence-electron chi connectivity index (χ0n) is 12.5. The fraction of sp³-hybridized carbons (Fsp3) is 0.167. The van der Waals surface area contributed by atoms with Crippen LogP contribution < -0.4 is 33.4 Å². The lowest BCUT2D eigenvalue weighted by Crippen LogP contribution is -3.00. The summed E-state index contributed by atoms with van der Waals surface area (Å²) in [5.74, 6) is 0. The summed E-state index contributed by atoms with van der Waals surface area (Å²) in [7, 11) is 4.10. The lowest BCUT2D eigenvalue weighted by molar-refractivity contribution is -0.688. The van der Waals surface area contributed by atoms with Gasteiger partial charge < -0.3 is 28.9 Å². The number of benzene rings is 1. The molecule has 0 atom stereocenters. The van der Waals surface area contributed by atoms with Crippen LogP contribution in [0.2, 0.25) is 0 Å². The molecule has 1 aromatic heterocycles. The third-order valence-electron chi connectivity index (χ3n) is 3.16. The Morgan fingerprint density at radius 1 is 1.05 bits per heavy atom. The van der Waals surface area contributed by atoms with Crippen molar-refractivity contribution in [3.05, 3.63) is 72.6 Å². The summed E-state index contributed by atoms with van der Waals surface area (Å²) in [4.78, 5) is 2.10. The van der Waals surface area contributed by atoms with Crippen molar-refractivity contribution in [1.82, 2.24) is 0 Å². The van der Waals surface area contributed by atoms with E-state index >= 15 is 0 Å². The van der Waals surface area contributed by atoms with Crippen molar-refractivity contribution in [1.29, 1.82) is 0 Å². The third kappa shape index (κ3) is 5.01. The summed E-state index contributed by atoms with van der Waals surface area (Å²) in [6.45, 7) is 4.61. The predicted molar refractivity (Wildman–Crippen MR) is 86.5 cm³/mol. The lowest BCUT2D eigenvalue weighted by Gasteiger charge is -2.11. The lowest BCUT2D eigenvalue weighted by atomic mass is 10.1. The maximum absolute atomic E-state index is 3.79. The van der Waals surface area contributed by atoms with Crippen molar-refractivity contribution >= 4 is 17.8 Å². The SMILES string of the molecule is C=CC[n+]1ccccc1C=Cc1ccc(N(C)C)cc1.[I-]. The molecule has 1 aromatic carbocycles. The van der Waals surface area contributed by atoms with Crippen LogP contribution in [0.5, 0.6) is 0 Å². The molecule has 0 radical (unpaired) electrons. The highest BCUT2D eigenvalue weighted by Gasteiger charge is 2.03. The van der Waals surface area contributed by atoms with Crippen molar-refractivity contribution in [3.63, 3.8) is 0 Å². The van der Waals surface area contributed by atoms with Crippen LogP contribution in [0.15, 0.2) is 61.3 Å². The summed E-state index contributed by atoms with van der Waals surface area (Å²) < 4.78 is 2.16. The van der Waals surface area contributed by atoms with Gasteiger partial charge in [-0.3, -0.25) is 0 Å². The molecule has 110 valence electrons. The van der Waals surface area contributed by atoms with Crippen LogP contribution in [0.25, 0.3) is 12.2 Å². The van der Waals surface area contributed by atoms with Crippen molar-refractivity contribution in [2.75, 3.05) is 19.0 Å². The first-order valence-electron chi connectivity index (χ1n) is 6.75. The van der Waals surface area contributed by atoms with E-state index in [0.29, 0.717) is 0 Å². The van der Waals surface area contributed by atoms with Crippen molar-refractivity contribution < 1.29 is 28.5 Å². The molecule has 21 heavy (non-hydrogen) atoms. The van der Waals surface area contributed by atoms with E-state index in [9.17, 15) is 0 Å². The van der Waals surface area contributed by atoms with Crippen LogP contribution in [-0.4, -0.2) is 14.1 Å². The first-order valence-corrected chi connectivity index (χ1v) is 6.75. The van der Waals surface area contributed by atoms with Gasteiger partial charge in [-0.2, -0.15) is 4.57 Å². The van der Waals surface area contributed by atoms with Crippen LogP contribution in [-0.2, 0) is 6.54 Å². The third-order valence-corrected chi connectivity index (χ3v) is 3.16. The summed E-state index contributed by atoms with van der Waals surface area (Å²) in [5, 5.41) is 0. The molecule has 3 heteroatoms. The van der Waals surface area contributed by atoms with Gasteiger partial charge in [-0.05, 0) is 35.9 Å². The minimum Gasteiger partial charge on any atom is -1.00 e. The topological polar surface area (TPSA) is 7.12 Å². The average molecular weight is 392 g/mol. The molecular formula is C18H21IN2. The van der Waals surface area contributed by atoms with Gasteiger partial charge >= 0.3 is 0 Å². The maximum Gasteiger partial charge on any atom is 0.205 e. The quantitative estimate of drug-likeness (QED) is 0.406. The Morgan fingerprint density at radius 3 is 2.38 bits per heavy atom. The van der Waals surface area contributed by atoms with Gasteiger partial charge in [-0.1, -0.05) is 18.7 Å². The molecule has 1 heterocycles. The molecule has 2 nitrogen and oxygen atoms in total. The zero-order chi connectivity index (χ0) is 14.4. The molecule has 0 unspecified atom stereocenters. The van der Waals surface area contributed by atoms with Crippen LogP contribution >= 0.6 is 0 Å². The summed E-state index contributed by atoms with van der Waals surface area (Å²) >= 11 is 0. The van der Waals surface area contributed by atoms with Crippen LogP contribution in [0.3, 0.4) is 0 Å². The van der Waals surface area contributed by atoms with Gasteiger partial charge in [-0.15, -0.1) is 0 Å². The van der Waals surface area contributed by atoms with Gasteiger partial charge in [0.2, 0.25) is 5.69 Å². The van der Waals surface area contributed by atoms with E-state index in [1.165, 1.54) is 16.9 Å². The second-order valence-corrected chi connectivity index (χ2v) is 4.89. The molecule has 0 spiro atoms. The number of anilines is 1. The molecule has 2 rings (SSSR count). The largest absolute Gasteiger partial charge is 1.00 e. The highest BCUT2D eigenvalue weighted by molar-refractivity contribution is 5.68. The Balaban J connectivity index is 0.00000220. The standard InChI is InChI=1S/C18H21N2.HI/c1-4-14-20-15-6-5-7-18(20)13-10-16-8-11-17(12-9-16)19(2)3;/h4-13,15H,1,14H2,2-3H3;1H/q+1;/p-1. The number of aromatic nitrogens is 1. The Bertz CT molecular complexity index is 601. The van der Waals surface area contributed by atoms with E-state index in [4.69, 9.17) is 0 Å². The normalized spacial score (nSPS) is 10.2. The Kier molecular flexibility index (Phi) is 7.15. The molecule has 0 saturated heterocycles. The fourth-order valence-corrected chi connectivity index (χ4v) is 2.01. The predicted octanol–water partition coefficient (Wildman–Crippen LogP) is 0.401. The van der Waals surface area contributed by atoms with Crippen molar-refractivity contribution in [2.24, 2.45) is 0 Å². The number of hydrogen-bond acceptors (Lipinski definition) is 1. The monoisotopic (exact) mass is 392 g/mol. The van der Waals surface area contributed by atoms with E-state index in [1.807, 2.05) is 26.2 Å². The van der Waals surface area contributed by atoms with E-state index in [0.717, 1.165) is 6.54 Å². The van der Waals surface area contributed by atoms with Gasteiger partial charge in [0.05, 0.1) is 0 Å². The molecule has 0 bridgehead atoms. The smallest absolute Gasteiger partial charge is 0.205 e. The van der Waals surface area contributed by atoms with E-state index in [-0.39, 0.29) is 24.0 Å². The average Bonchev–Trinajstić information content (AvgIpc) is 2.47. The minimum atomic E-state index is 0. The number of pyridine rings is 1. The summed E-state index contributed by atoms with van der Waals surface area (Å²) in [5.41, 5.74) is 3.58. The molecule has 0 aliphatic heterocycles. The van der Waals surface area contributed by atoms with E-state index in [2.05, 4.69) is 70.8 Å². The first-order chi connectivity index (χ1) is 9.70. The highest BCUT2D eigenvalue weighted by atomic mass is 127. The molecule has 0 aliphatic carbocycles. The summed E-state index contributed by atoms with van der Waals surface area (Å²) in [6.07, 6.45) is 8.24. The molecule has 0 N–H and O–H groups in total. The molecule has 0 amide bonds. The molecule has 2 aromatic rings. The molecular weight excluding hydrogens is 371 g/mol. The number of halogens is 1. The van der Waals surface area contributed by atoms with Crippen molar-refractivity contribution in [3.8, 4) is 0 Å². The van der Waals surface area contributed by atoms with Crippen LogP contribution in [0, 0.1) is 0 Å². The first kappa shape index (κ1) is 17.4. The van der Waals surface area contributed by atoms with Gasteiger partial charge in [0.1, 0.15) is 0 Å². The Morgan fingerprint density at radius 2 is 1.76 bits per heavy atom. The van der Waals surface area contributed by atoms with Crippen LogP contribution in [0.4, 0.5) is 5.69 Å². The number of allylic oxidation sites excluding steroid dienone is 1. The number of hydrogen-bond donors (Lipinski definition) is 0. The fourth-order valence-electron chi connectivity index (χ4n) is 2.01. The molecule has 0 saturated carbocycles. The Hall–Kier alpha value is -1.62. The zero-order valence-corrected chi connectivity index (χ0v) is 14.7. The van der Waals surface area contributed by atoms with Gasteiger partial charge in [0.15, 0.2) is 12.7 Å². The minimum absolute atomic E-state index is 0. The van der Waals surface area contributed by atoms with Gasteiger partial charge in [0.25, 0.3) is 0 Å². The second kappa shape index (κ2) is 8.62. The van der Waals surface area contributed by atoms with Gasteiger partial charge in [0, 0.05) is 38.0 Å².